The molecule has 1 aromatic carbocycles. The van der Waals surface area contributed by atoms with Crippen LogP contribution in [0.1, 0.15) is 11.1 Å². The van der Waals surface area contributed by atoms with Crippen molar-refractivity contribution in [2.24, 2.45) is 0 Å². The van der Waals surface area contributed by atoms with Crippen LogP contribution in [-0.4, -0.2) is 17.9 Å². The Bertz CT molecular complexity index is 376. The standard InChI is InChI=1S/C9H9BrN2O/c10-8-6-1-2-12-9(6)5(4-11)3-7(8)13/h3-4,11-13H,1-2H2. The summed E-state index contributed by atoms with van der Waals surface area (Å²) >= 11 is 3.33. The average Bonchev–Trinajstić information content (AvgIpc) is 2.60. The fourth-order valence-electron chi connectivity index (χ4n) is 1.59. The van der Waals surface area contributed by atoms with Crippen molar-refractivity contribution in [3.05, 3.63) is 21.7 Å². The van der Waals surface area contributed by atoms with E-state index in [4.69, 9.17) is 5.41 Å². The molecule has 0 radical (unpaired) electrons. The molecule has 0 unspecified atom stereocenters. The molecule has 0 fully saturated rings. The number of nitrogens with one attached hydrogen (secondary N) is 2. The fraction of sp³-hybridized carbons (Fsp3) is 0.222. The zero-order valence-corrected chi connectivity index (χ0v) is 8.48. The average molecular weight is 241 g/mol. The summed E-state index contributed by atoms with van der Waals surface area (Å²) in [5, 5.41) is 19.9. The van der Waals surface area contributed by atoms with Gasteiger partial charge in [0, 0.05) is 24.0 Å². The van der Waals surface area contributed by atoms with E-state index < -0.39 is 0 Å². The Hall–Kier alpha value is -1.03. The quantitative estimate of drug-likeness (QED) is 0.521. The molecule has 1 aliphatic heterocycles. The van der Waals surface area contributed by atoms with Gasteiger partial charge in [0.25, 0.3) is 0 Å². The summed E-state index contributed by atoms with van der Waals surface area (Å²) in [5.41, 5.74) is 2.78. The predicted molar refractivity (Wildman–Crippen MR) is 55.9 cm³/mol. The first kappa shape index (κ1) is 8.56. The monoisotopic (exact) mass is 240 g/mol. The van der Waals surface area contributed by atoms with Crippen molar-refractivity contribution in [2.45, 2.75) is 6.42 Å². The first-order chi connectivity index (χ1) is 6.24. The van der Waals surface area contributed by atoms with Crippen LogP contribution in [0.15, 0.2) is 10.5 Å². The zero-order chi connectivity index (χ0) is 9.42. The molecule has 68 valence electrons. The van der Waals surface area contributed by atoms with Gasteiger partial charge in [0.05, 0.1) is 4.47 Å². The van der Waals surface area contributed by atoms with E-state index >= 15 is 0 Å². The Labute approximate surface area is 84.4 Å². The molecule has 1 heterocycles. The Balaban J connectivity index is 2.70. The van der Waals surface area contributed by atoms with E-state index in [1.165, 1.54) is 6.21 Å². The zero-order valence-electron chi connectivity index (χ0n) is 6.89. The first-order valence-electron chi connectivity index (χ1n) is 4.02. The molecule has 0 spiro atoms. The number of anilines is 1. The van der Waals surface area contributed by atoms with Crippen LogP contribution in [0, 0.1) is 5.41 Å². The van der Waals surface area contributed by atoms with Crippen LogP contribution in [0.5, 0.6) is 5.75 Å². The molecule has 13 heavy (non-hydrogen) atoms. The van der Waals surface area contributed by atoms with E-state index in [0.717, 1.165) is 34.3 Å². The van der Waals surface area contributed by atoms with E-state index in [-0.39, 0.29) is 5.75 Å². The molecule has 1 aromatic rings. The smallest absolute Gasteiger partial charge is 0.130 e. The van der Waals surface area contributed by atoms with Gasteiger partial charge in [-0.1, -0.05) is 0 Å². The second-order valence-electron chi connectivity index (χ2n) is 2.97. The van der Waals surface area contributed by atoms with Crippen LogP contribution in [0.3, 0.4) is 0 Å². The van der Waals surface area contributed by atoms with Crippen molar-refractivity contribution in [1.29, 1.82) is 5.41 Å². The Morgan fingerprint density at radius 1 is 1.62 bits per heavy atom. The molecule has 0 atom stereocenters. The van der Waals surface area contributed by atoms with Gasteiger partial charge in [-0.05, 0) is 34.0 Å². The number of phenols is 1. The molecule has 0 saturated heterocycles. The molecule has 0 amide bonds. The molecule has 0 saturated carbocycles. The third-order valence-corrected chi connectivity index (χ3v) is 3.09. The minimum absolute atomic E-state index is 0.209. The number of fused-ring (bicyclic) bond motifs is 1. The lowest BCUT2D eigenvalue weighted by atomic mass is 10.1. The lowest BCUT2D eigenvalue weighted by molar-refractivity contribution is 0.471. The summed E-state index contributed by atoms with van der Waals surface area (Å²) in [5.74, 6) is 0.209. The van der Waals surface area contributed by atoms with Crippen LogP contribution in [-0.2, 0) is 6.42 Å². The number of aromatic hydroxyl groups is 1. The van der Waals surface area contributed by atoms with Crippen LogP contribution in [0.25, 0.3) is 0 Å². The van der Waals surface area contributed by atoms with Crippen LogP contribution < -0.4 is 5.32 Å². The van der Waals surface area contributed by atoms with Gasteiger partial charge in [-0.3, -0.25) is 0 Å². The van der Waals surface area contributed by atoms with Gasteiger partial charge < -0.3 is 15.8 Å². The number of halogens is 1. The van der Waals surface area contributed by atoms with Crippen LogP contribution in [0.2, 0.25) is 0 Å². The highest BCUT2D eigenvalue weighted by atomic mass is 79.9. The molecular formula is C9H9BrN2O. The van der Waals surface area contributed by atoms with Gasteiger partial charge in [-0.25, -0.2) is 0 Å². The molecule has 0 aliphatic carbocycles. The van der Waals surface area contributed by atoms with Crippen molar-refractivity contribution >= 4 is 27.8 Å². The maximum atomic E-state index is 9.52. The Morgan fingerprint density at radius 3 is 3.08 bits per heavy atom. The van der Waals surface area contributed by atoms with E-state index in [1.54, 1.807) is 6.07 Å². The van der Waals surface area contributed by atoms with Crippen molar-refractivity contribution < 1.29 is 5.11 Å². The third-order valence-electron chi connectivity index (χ3n) is 2.20. The van der Waals surface area contributed by atoms with E-state index in [2.05, 4.69) is 21.2 Å². The topological polar surface area (TPSA) is 56.1 Å². The van der Waals surface area contributed by atoms with Gasteiger partial charge in [0.15, 0.2) is 0 Å². The van der Waals surface area contributed by atoms with E-state index in [1.807, 2.05) is 0 Å². The molecular weight excluding hydrogens is 232 g/mol. The molecule has 1 aliphatic rings. The predicted octanol–water partition coefficient (Wildman–Crippen LogP) is 2.12. The summed E-state index contributed by atoms with van der Waals surface area (Å²) in [6.45, 7) is 0.873. The van der Waals surface area contributed by atoms with Crippen molar-refractivity contribution in [2.75, 3.05) is 11.9 Å². The number of benzene rings is 1. The summed E-state index contributed by atoms with van der Waals surface area (Å²) in [4.78, 5) is 0. The lowest BCUT2D eigenvalue weighted by Gasteiger charge is -2.07. The maximum absolute atomic E-state index is 9.52. The summed E-state index contributed by atoms with van der Waals surface area (Å²) in [7, 11) is 0. The van der Waals surface area contributed by atoms with E-state index in [9.17, 15) is 5.11 Å². The highest BCUT2D eigenvalue weighted by Crippen LogP contribution is 2.38. The van der Waals surface area contributed by atoms with Crippen molar-refractivity contribution in [3.63, 3.8) is 0 Å². The van der Waals surface area contributed by atoms with Gasteiger partial charge in [0.1, 0.15) is 5.75 Å². The Morgan fingerprint density at radius 2 is 2.38 bits per heavy atom. The van der Waals surface area contributed by atoms with Crippen molar-refractivity contribution in [3.8, 4) is 5.75 Å². The molecule has 4 heteroatoms. The van der Waals surface area contributed by atoms with Gasteiger partial charge in [0.2, 0.25) is 0 Å². The number of phenolic OH excluding ortho intramolecular Hbond substituents is 1. The van der Waals surface area contributed by atoms with Gasteiger partial charge >= 0.3 is 0 Å². The lowest BCUT2D eigenvalue weighted by Crippen LogP contribution is -1.94. The minimum Gasteiger partial charge on any atom is -0.507 e. The second kappa shape index (κ2) is 3.03. The first-order valence-corrected chi connectivity index (χ1v) is 4.82. The molecule has 3 nitrogen and oxygen atoms in total. The number of hydrogen-bond donors (Lipinski definition) is 3. The van der Waals surface area contributed by atoms with Gasteiger partial charge in [-0.15, -0.1) is 0 Å². The Kier molecular flexibility index (Phi) is 2.00. The fourth-order valence-corrected chi connectivity index (χ4v) is 2.10. The summed E-state index contributed by atoms with van der Waals surface area (Å²) in [6, 6.07) is 1.59. The van der Waals surface area contributed by atoms with Crippen LogP contribution in [0.4, 0.5) is 5.69 Å². The molecule has 0 aromatic heterocycles. The summed E-state index contributed by atoms with van der Waals surface area (Å²) < 4.78 is 0.748. The molecule has 0 bridgehead atoms. The van der Waals surface area contributed by atoms with E-state index in [0.29, 0.717) is 0 Å². The third kappa shape index (κ3) is 1.21. The number of hydrogen-bond acceptors (Lipinski definition) is 3. The van der Waals surface area contributed by atoms with Crippen LogP contribution >= 0.6 is 15.9 Å². The molecule has 3 N–H and O–H groups in total. The normalized spacial score (nSPS) is 13.6. The van der Waals surface area contributed by atoms with Gasteiger partial charge in [-0.2, -0.15) is 0 Å². The largest absolute Gasteiger partial charge is 0.507 e. The van der Waals surface area contributed by atoms with Crippen molar-refractivity contribution in [1.82, 2.24) is 0 Å². The number of rotatable bonds is 1. The molecule has 2 rings (SSSR count). The second-order valence-corrected chi connectivity index (χ2v) is 3.77. The minimum atomic E-state index is 0.209. The SMILES string of the molecule is N=Cc1cc(O)c(Br)c2c1NCC2. The highest BCUT2D eigenvalue weighted by molar-refractivity contribution is 9.10. The maximum Gasteiger partial charge on any atom is 0.130 e. The summed E-state index contributed by atoms with van der Waals surface area (Å²) in [6.07, 6.45) is 2.15. The highest BCUT2D eigenvalue weighted by Gasteiger charge is 2.19.